The maximum absolute atomic E-state index is 10.1. The lowest BCUT2D eigenvalue weighted by Gasteiger charge is -2.18. The second-order valence-corrected chi connectivity index (χ2v) is 6.92. The lowest BCUT2D eigenvalue weighted by molar-refractivity contribution is 0.367. The van der Waals surface area contributed by atoms with Gasteiger partial charge in [0.15, 0.2) is 17.2 Å². The minimum absolute atomic E-state index is 0.260. The molecule has 0 amide bonds. The minimum atomic E-state index is -0.514. The van der Waals surface area contributed by atoms with Gasteiger partial charge in [-0.1, -0.05) is 36.4 Å². The summed E-state index contributed by atoms with van der Waals surface area (Å²) in [6.45, 7) is 0. The third-order valence-electron chi connectivity index (χ3n) is 5.29. The average Bonchev–Trinajstić information content (AvgIpc) is 3.32. The van der Waals surface area contributed by atoms with Crippen LogP contribution in [0.2, 0.25) is 0 Å². The molecule has 0 aliphatic carbocycles. The van der Waals surface area contributed by atoms with Gasteiger partial charge in [0.05, 0.1) is 0 Å². The molecule has 0 radical (unpaired) electrons. The maximum Gasteiger partial charge on any atom is 0.200 e. The van der Waals surface area contributed by atoms with E-state index in [1.165, 1.54) is 12.1 Å². The lowest BCUT2D eigenvalue weighted by Crippen LogP contribution is -2.02. The first-order valence-corrected chi connectivity index (χ1v) is 9.00. The first-order chi connectivity index (χ1) is 13.6. The van der Waals surface area contributed by atoms with Gasteiger partial charge in [-0.15, -0.1) is 0 Å². The number of phenolic OH excluding ortho intramolecular Hbond substituents is 3. The second kappa shape index (κ2) is 6.09. The molecule has 0 aliphatic heterocycles. The van der Waals surface area contributed by atoms with Gasteiger partial charge in [0.1, 0.15) is 0 Å². The molecule has 3 aromatic carbocycles. The van der Waals surface area contributed by atoms with Crippen molar-refractivity contribution in [3.8, 4) is 17.2 Å². The van der Waals surface area contributed by atoms with Gasteiger partial charge in [-0.25, -0.2) is 0 Å². The number of para-hydroxylation sites is 2. The van der Waals surface area contributed by atoms with Crippen molar-refractivity contribution in [2.45, 2.75) is 5.92 Å². The van der Waals surface area contributed by atoms with E-state index in [-0.39, 0.29) is 17.4 Å². The minimum Gasteiger partial charge on any atom is -0.504 e. The predicted octanol–water partition coefficient (Wildman–Crippen LogP) is 4.95. The molecule has 5 aromatic rings. The summed E-state index contributed by atoms with van der Waals surface area (Å²) < 4.78 is 0. The number of hydrogen-bond donors (Lipinski definition) is 5. The third kappa shape index (κ3) is 2.41. The van der Waals surface area contributed by atoms with Gasteiger partial charge in [-0.3, -0.25) is 0 Å². The maximum atomic E-state index is 10.1. The zero-order valence-electron chi connectivity index (χ0n) is 14.8. The van der Waals surface area contributed by atoms with Crippen molar-refractivity contribution in [1.82, 2.24) is 9.97 Å². The van der Waals surface area contributed by atoms with E-state index in [9.17, 15) is 15.3 Å². The van der Waals surface area contributed by atoms with Gasteiger partial charge in [-0.2, -0.15) is 0 Å². The van der Waals surface area contributed by atoms with E-state index >= 15 is 0 Å². The highest BCUT2D eigenvalue weighted by Gasteiger charge is 2.25. The van der Waals surface area contributed by atoms with E-state index in [1.807, 2.05) is 60.9 Å². The van der Waals surface area contributed by atoms with E-state index in [2.05, 4.69) is 9.97 Å². The van der Waals surface area contributed by atoms with Crippen LogP contribution in [-0.2, 0) is 0 Å². The summed E-state index contributed by atoms with van der Waals surface area (Å²) >= 11 is 0. The Labute approximate surface area is 160 Å². The second-order valence-electron chi connectivity index (χ2n) is 6.92. The van der Waals surface area contributed by atoms with Crippen molar-refractivity contribution in [2.24, 2.45) is 0 Å². The topological polar surface area (TPSA) is 92.3 Å². The van der Waals surface area contributed by atoms with E-state index in [0.29, 0.717) is 5.56 Å². The zero-order valence-corrected chi connectivity index (χ0v) is 14.8. The molecule has 0 saturated carbocycles. The van der Waals surface area contributed by atoms with Crippen LogP contribution in [0.5, 0.6) is 17.2 Å². The van der Waals surface area contributed by atoms with Crippen molar-refractivity contribution in [2.75, 3.05) is 0 Å². The van der Waals surface area contributed by atoms with E-state index in [0.717, 1.165) is 32.9 Å². The first kappa shape index (κ1) is 16.3. The van der Waals surface area contributed by atoms with Crippen LogP contribution in [0, 0.1) is 0 Å². The van der Waals surface area contributed by atoms with Gasteiger partial charge in [0.25, 0.3) is 0 Å². The number of hydrogen-bond acceptors (Lipinski definition) is 3. The lowest BCUT2D eigenvalue weighted by atomic mass is 9.84. The molecule has 0 bridgehead atoms. The molecule has 2 aromatic heterocycles. The van der Waals surface area contributed by atoms with Gasteiger partial charge >= 0.3 is 0 Å². The average molecular weight is 370 g/mol. The molecule has 138 valence electrons. The highest BCUT2D eigenvalue weighted by molar-refractivity contribution is 5.89. The van der Waals surface area contributed by atoms with Crippen LogP contribution in [0.4, 0.5) is 0 Å². The van der Waals surface area contributed by atoms with Crippen molar-refractivity contribution in [3.05, 3.63) is 89.7 Å². The Balaban J connectivity index is 1.82. The number of H-pyrrole nitrogens is 2. The third-order valence-corrected chi connectivity index (χ3v) is 5.29. The molecule has 0 fully saturated rings. The molecule has 5 N–H and O–H groups in total. The molecule has 0 aliphatic rings. The fraction of sp³-hybridized carbons (Fsp3) is 0.0435. The molecule has 0 saturated heterocycles. The Morgan fingerprint density at radius 2 is 1.11 bits per heavy atom. The number of nitrogens with one attached hydrogen (secondary N) is 2. The number of aromatic amines is 2. The van der Waals surface area contributed by atoms with E-state index in [1.54, 1.807) is 0 Å². The summed E-state index contributed by atoms with van der Waals surface area (Å²) in [5, 5.41) is 32.2. The first-order valence-electron chi connectivity index (χ1n) is 9.00. The molecule has 0 unspecified atom stereocenters. The molecule has 0 spiro atoms. The van der Waals surface area contributed by atoms with Gasteiger partial charge in [0, 0.05) is 40.1 Å². The summed E-state index contributed by atoms with van der Waals surface area (Å²) in [7, 11) is 0. The van der Waals surface area contributed by atoms with E-state index < -0.39 is 5.75 Å². The Hall–Kier alpha value is -3.86. The van der Waals surface area contributed by atoms with Crippen molar-refractivity contribution < 1.29 is 15.3 Å². The Morgan fingerprint density at radius 3 is 1.61 bits per heavy atom. The molecular weight excluding hydrogens is 352 g/mol. The molecule has 0 atom stereocenters. The van der Waals surface area contributed by atoms with Gasteiger partial charge < -0.3 is 25.3 Å². The normalized spacial score (nSPS) is 11.6. The predicted molar refractivity (Wildman–Crippen MR) is 109 cm³/mol. The summed E-state index contributed by atoms with van der Waals surface area (Å²) in [6.07, 6.45) is 3.91. The van der Waals surface area contributed by atoms with Gasteiger partial charge in [0.2, 0.25) is 0 Å². The zero-order chi connectivity index (χ0) is 19.3. The van der Waals surface area contributed by atoms with Crippen LogP contribution in [0.1, 0.15) is 22.6 Å². The largest absolute Gasteiger partial charge is 0.504 e. The number of aromatic hydroxyl groups is 3. The van der Waals surface area contributed by atoms with Gasteiger partial charge in [-0.05, 0) is 41.0 Å². The molecular formula is C23H18N2O3. The SMILES string of the molecule is Oc1cc(C(c2c[nH]c3ccccc23)c2c[nH]c3ccccc23)cc(O)c1O. The fourth-order valence-electron chi connectivity index (χ4n) is 3.98. The summed E-state index contributed by atoms with van der Waals surface area (Å²) in [5.74, 6) is -1.47. The highest BCUT2D eigenvalue weighted by Crippen LogP contribution is 2.44. The monoisotopic (exact) mass is 370 g/mol. The molecule has 5 heteroatoms. The van der Waals surface area contributed by atoms with Crippen molar-refractivity contribution in [1.29, 1.82) is 0 Å². The quantitative estimate of drug-likeness (QED) is 0.291. The highest BCUT2D eigenvalue weighted by atomic mass is 16.3. The summed E-state index contributed by atoms with van der Waals surface area (Å²) in [6, 6.07) is 19.0. The number of rotatable bonds is 3. The Bertz CT molecular complexity index is 1220. The fourth-order valence-corrected chi connectivity index (χ4v) is 3.98. The number of aromatic nitrogens is 2. The number of phenols is 3. The molecule has 5 nitrogen and oxygen atoms in total. The van der Waals surface area contributed by atoms with Crippen molar-refractivity contribution >= 4 is 21.8 Å². The standard InChI is InChI=1S/C23H18N2O3/c26-20-9-13(10-21(27)23(20)28)22(16-11-24-18-7-3-1-5-14(16)18)17-12-25-19-8-4-2-6-15(17)19/h1-12,22,24-28H. The number of fused-ring (bicyclic) bond motifs is 2. The van der Waals surface area contributed by atoms with Crippen LogP contribution < -0.4 is 0 Å². The van der Waals surface area contributed by atoms with Crippen LogP contribution in [0.25, 0.3) is 21.8 Å². The summed E-state index contributed by atoms with van der Waals surface area (Å²) in [4.78, 5) is 6.61. The number of benzene rings is 3. The molecule has 5 rings (SSSR count). The molecule has 28 heavy (non-hydrogen) atoms. The van der Waals surface area contributed by atoms with Crippen LogP contribution in [0.3, 0.4) is 0 Å². The Kier molecular flexibility index (Phi) is 3.55. The van der Waals surface area contributed by atoms with E-state index in [4.69, 9.17) is 0 Å². The van der Waals surface area contributed by atoms with Crippen LogP contribution in [0.15, 0.2) is 73.1 Å². The van der Waals surface area contributed by atoms with Crippen LogP contribution >= 0.6 is 0 Å². The molecule has 2 heterocycles. The van der Waals surface area contributed by atoms with Crippen molar-refractivity contribution in [3.63, 3.8) is 0 Å². The van der Waals surface area contributed by atoms with Crippen LogP contribution in [-0.4, -0.2) is 25.3 Å². The summed E-state index contributed by atoms with van der Waals surface area (Å²) in [5.41, 5.74) is 4.74. The smallest absolute Gasteiger partial charge is 0.200 e. The Morgan fingerprint density at radius 1 is 0.643 bits per heavy atom.